The van der Waals surface area contributed by atoms with Crippen LogP contribution in [0.3, 0.4) is 0 Å². The molecule has 0 radical (unpaired) electrons. The van der Waals surface area contributed by atoms with E-state index in [-0.39, 0.29) is 5.91 Å². The largest absolute Gasteiger partial charge is 0.307 e. The summed E-state index contributed by atoms with van der Waals surface area (Å²) in [4.78, 5) is 14.3. The van der Waals surface area contributed by atoms with Gasteiger partial charge in [-0.15, -0.1) is 5.10 Å². The van der Waals surface area contributed by atoms with Gasteiger partial charge in [0.05, 0.1) is 24.6 Å². The first kappa shape index (κ1) is 16.9. The molecule has 1 aliphatic rings. The first-order valence-corrected chi connectivity index (χ1v) is 8.85. The van der Waals surface area contributed by atoms with E-state index in [1.165, 1.54) is 5.56 Å². The van der Waals surface area contributed by atoms with Crippen molar-refractivity contribution in [3.8, 4) is 0 Å². The number of anilines is 1. The molecular weight excluding hydrogens is 338 g/mol. The number of nitrogens with zero attached hydrogens (tertiary/aromatic N) is 5. The third-order valence-electron chi connectivity index (χ3n) is 4.42. The van der Waals surface area contributed by atoms with Crippen LogP contribution >= 0.6 is 0 Å². The van der Waals surface area contributed by atoms with E-state index in [2.05, 4.69) is 27.4 Å². The number of hydrogen-bond acceptors (Lipinski definition) is 4. The fraction of sp³-hybridized carbons (Fsp3) is 0.143. The SMILES string of the molecule is CCN1C(=O)/C(=N/N=C\c2cnn(Cc3ccccc3)c2)c2ccccc21. The Balaban J connectivity index is 1.52. The molecule has 0 aliphatic carbocycles. The van der Waals surface area contributed by atoms with Crippen molar-refractivity contribution in [1.82, 2.24) is 9.78 Å². The zero-order valence-electron chi connectivity index (χ0n) is 15.0. The Labute approximate surface area is 157 Å². The number of amides is 1. The van der Waals surface area contributed by atoms with Crippen LogP contribution in [0.1, 0.15) is 23.6 Å². The van der Waals surface area contributed by atoms with E-state index in [4.69, 9.17) is 0 Å². The minimum atomic E-state index is -0.115. The van der Waals surface area contributed by atoms with Gasteiger partial charge < -0.3 is 4.90 Å². The maximum Gasteiger partial charge on any atom is 0.279 e. The van der Waals surface area contributed by atoms with Gasteiger partial charge in [0.2, 0.25) is 0 Å². The Morgan fingerprint density at radius 1 is 1.07 bits per heavy atom. The molecule has 0 saturated heterocycles. The smallest absolute Gasteiger partial charge is 0.279 e. The summed E-state index contributed by atoms with van der Waals surface area (Å²) in [6.07, 6.45) is 5.25. The third-order valence-corrected chi connectivity index (χ3v) is 4.42. The van der Waals surface area contributed by atoms with E-state index in [0.29, 0.717) is 18.8 Å². The maximum atomic E-state index is 12.5. The van der Waals surface area contributed by atoms with Crippen molar-refractivity contribution < 1.29 is 4.79 Å². The number of likely N-dealkylation sites (N-methyl/N-ethyl adjacent to an activating group) is 1. The molecule has 0 atom stereocenters. The summed E-state index contributed by atoms with van der Waals surface area (Å²) in [5, 5.41) is 12.7. The van der Waals surface area contributed by atoms with Gasteiger partial charge in [-0.3, -0.25) is 9.48 Å². The second-order valence-corrected chi connectivity index (χ2v) is 6.22. The van der Waals surface area contributed by atoms with Crippen molar-refractivity contribution in [1.29, 1.82) is 0 Å². The van der Waals surface area contributed by atoms with Crippen molar-refractivity contribution in [2.75, 3.05) is 11.4 Å². The molecule has 1 aromatic heterocycles. The van der Waals surface area contributed by atoms with E-state index < -0.39 is 0 Å². The summed E-state index contributed by atoms with van der Waals surface area (Å²) in [6.45, 7) is 3.24. The standard InChI is InChI=1S/C21H19N5O/c1-2-26-19-11-7-6-10-18(19)20(21(26)27)24-22-12-17-13-23-25(15-17)14-16-8-4-3-5-9-16/h3-13,15H,2,14H2,1H3/b22-12-,24-20+. The Morgan fingerprint density at radius 2 is 1.85 bits per heavy atom. The van der Waals surface area contributed by atoms with Gasteiger partial charge >= 0.3 is 0 Å². The highest BCUT2D eigenvalue weighted by Crippen LogP contribution is 2.28. The Kier molecular flexibility index (Phi) is 4.61. The van der Waals surface area contributed by atoms with Crippen molar-refractivity contribution in [3.05, 3.63) is 83.7 Å². The Bertz CT molecular complexity index is 1020. The predicted octanol–water partition coefficient (Wildman–Crippen LogP) is 3.12. The molecule has 4 rings (SSSR count). The monoisotopic (exact) mass is 357 g/mol. The number of benzene rings is 2. The van der Waals surface area contributed by atoms with Crippen molar-refractivity contribution in [2.24, 2.45) is 10.2 Å². The minimum absolute atomic E-state index is 0.115. The van der Waals surface area contributed by atoms with Gasteiger partial charge in [-0.25, -0.2) is 0 Å². The van der Waals surface area contributed by atoms with Gasteiger partial charge in [0, 0.05) is 23.9 Å². The summed E-state index contributed by atoms with van der Waals surface area (Å²) in [5.41, 5.74) is 4.09. The second-order valence-electron chi connectivity index (χ2n) is 6.22. The summed E-state index contributed by atoms with van der Waals surface area (Å²) >= 11 is 0. The predicted molar refractivity (Wildman–Crippen MR) is 106 cm³/mol. The summed E-state index contributed by atoms with van der Waals surface area (Å²) in [7, 11) is 0. The number of rotatable bonds is 5. The van der Waals surface area contributed by atoms with Crippen molar-refractivity contribution in [3.63, 3.8) is 0 Å². The van der Waals surface area contributed by atoms with Crippen LogP contribution in [0.2, 0.25) is 0 Å². The second kappa shape index (κ2) is 7.37. The van der Waals surface area contributed by atoms with E-state index >= 15 is 0 Å². The number of para-hydroxylation sites is 1. The summed E-state index contributed by atoms with van der Waals surface area (Å²) in [5.74, 6) is -0.115. The average molecular weight is 357 g/mol. The fourth-order valence-corrected chi connectivity index (χ4v) is 3.13. The molecule has 134 valence electrons. The van der Waals surface area contributed by atoms with Crippen molar-refractivity contribution >= 4 is 23.5 Å². The van der Waals surface area contributed by atoms with Crippen LogP contribution in [-0.4, -0.2) is 34.2 Å². The highest BCUT2D eigenvalue weighted by atomic mass is 16.2. The molecule has 27 heavy (non-hydrogen) atoms. The van der Waals surface area contributed by atoms with Gasteiger partial charge in [-0.2, -0.15) is 10.2 Å². The van der Waals surface area contributed by atoms with E-state index in [0.717, 1.165) is 16.8 Å². The zero-order chi connectivity index (χ0) is 18.6. The lowest BCUT2D eigenvalue weighted by Gasteiger charge is -2.12. The van der Waals surface area contributed by atoms with Gasteiger partial charge in [-0.05, 0) is 18.6 Å². The quantitative estimate of drug-likeness (QED) is 0.520. The molecule has 0 spiro atoms. The number of fused-ring (bicyclic) bond motifs is 1. The maximum absolute atomic E-state index is 12.5. The molecule has 0 N–H and O–H groups in total. The van der Waals surface area contributed by atoms with E-state index in [1.54, 1.807) is 17.3 Å². The van der Waals surface area contributed by atoms with Crippen LogP contribution in [0.15, 0.2) is 77.2 Å². The van der Waals surface area contributed by atoms with Crippen LogP contribution in [0.25, 0.3) is 0 Å². The van der Waals surface area contributed by atoms with Crippen LogP contribution in [-0.2, 0) is 11.3 Å². The number of carbonyl (C=O) groups excluding carboxylic acids is 1. The lowest BCUT2D eigenvalue weighted by Crippen LogP contribution is -2.29. The first-order valence-electron chi connectivity index (χ1n) is 8.85. The van der Waals surface area contributed by atoms with Crippen LogP contribution < -0.4 is 4.90 Å². The van der Waals surface area contributed by atoms with Crippen LogP contribution in [0.4, 0.5) is 5.69 Å². The molecule has 0 saturated carbocycles. The van der Waals surface area contributed by atoms with Gasteiger partial charge in [0.15, 0.2) is 5.71 Å². The average Bonchev–Trinajstić information content (AvgIpc) is 3.25. The van der Waals surface area contributed by atoms with Gasteiger partial charge in [-0.1, -0.05) is 48.5 Å². The third kappa shape index (κ3) is 3.42. The summed E-state index contributed by atoms with van der Waals surface area (Å²) in [6, 6.07) is 17.8. The minimum Gasteiger partial charge on any atom is -0.307 e. The highest BCUT2D eigenvalue weighted by Gasteiger charge is 2.32. The zero-order valence-corrected chi connectivity index (χ0v) is 15.0. The lowest BCUT2D eigenvalue weighted by atomic mass is 10.1. The molecule has 2 aromatic carbocycles. The molecule has 1 amide bonds. The van der Waals surface area contributed by atoms with E-state index in [9.17, 15) is 4.79 Å². The molecule has 6 nitrogen and oxygen atoms in total. The van der Waals surface area contributed by atoms with E-state index in [1.807, 2.05) is 60.3 Å². The molecule has 3 aromatic rings. The number of hydrogen-bond donors (Lipinski definition) is 0. The lowest BCUT2D eigenvalue weighted by molar-refractivity contribution is -0.112. The van der Waals surface area contributed by atoms with Crippen LogP contribution in [0, 0.1) is 0 Å². The normalized spacial score (nSPS) is 15.1. The number of carbonyl (C=O) groups is 1. The molecule has 1 aliphatic heterocycles. The molecule has 0 fully saturated rings. The fourth-order valence-electron chi connectivity index (χ4n) is 3.13. The van der Waals surface area contributed by atoms with Crippen molar-refractivity contribution in [2.45, 2.75) is 13.5 Å². The molecule has 0 unspecified atom stereocenters. The molecule has 2 heterocycles. The molecule has 0 bridgehead atoms. The number of aromatic nitrogens is 2. The van der Waals surface area contributed by atoms with Gasteiger partial charge in [0.25, 0.3) is 5.91 Å². The highest BCUT2D eigenvalue weighted by molar-refractivity contribution is 6.54. The topological polar surface area (TPSA) is 62.9 Å². The molecular formula is C21H19N5O. The molecule has 6 heteroatoms. The summed E-state index contributed by atoms with van der Waals surface area (Å²) < 4.78 is 1.85. The first-order chi connectivity index (χ1) is 13.3. The Morgan fingerprint density at radius 3 is 2.67 bits per heavy atom. The van der Waals surface area contributed by atoms with Gasteiger partial charge in [0.1, 0.15) is 0 Å². The Hall–Kier alpha value is -3.54. The van der Waals surface area contributed by atoms with Crippen LogP contribution in [0.5, 0.6) is 0 Å².